The first kappa shape index (κ1) is 19.4. The van der Waals surface area contributed by atoms with E-state index in [4.69, 9.17) is 9.47 Å². The van der Waals surface area contributed by atoms with Crippen molar-refractivity contribution in [3.8, 4) is 11.5 Å². The van der Waals surface area contributed by atoms with Crippen molar-refractivity contribution >= 4 is 12.2 Å². The molecular formula is C18H25N5O3. The quantitative estimate of drug-likeness (QED) is 0.363. The fourth-order valence-corrected chi connectivity index (χ4v) is 2.23. The maximum absolute atomic E-state index is 11.1. The highest BCUT2D eigenvalue weighted by Gasteiger charge is 2.06. The van der Waals surface area contributed by atoms with Gasteiger partial charge in [0.2, 0.25) is 5.95 Å². The Morgan fingerprint density at radius 3 is 2.85 bits per heavy atom. The molecule has 8 nitrogen and oxygen atoms in total. The van der Waals surface area contributed by atoms with Crippen molar-refractivity contribution in [3.05, 3.63) is 40.3 Å². The summed E-state index contributed by atoms with van der Waals surface area (Å²) in [6.07, 6.45) is 7.31. The van der Waals surface area contributed by atoms with Gasteiger partial charge in [-0.15, -0.1) is 10.2 Å². The van der Waals surface area contributed by atoms with Crippen LogP contribution in [0.2, 0.25) is 0 Å². The molecule has 0 aliphatic rings. The lowest BCUT2D eigenvalue weighted by Gasteiger charge is -2.12. The first-order valence-electron chi connectivity index (χ1n) is 8.83. The van der Waals surface area contributed by atoms with Crippen molar-refractivity contribution in [2.75, 3.05) is 18.6 Å². The SMILES string of the molecule is CCCCCCOc1ccc(/C=N/Nc2nncc(=O)[nH]2)cc1OCC. The molecule has 0 saturated carbocycles. The number of nitrogens with zero attached hydrogens (tertiary/aromatic N) is 3. The summed E-state index contributed by atoms with van der Waals surface area (Å²) in [5.74, 6) is 1.58. The maximum Gasteiger partial charge on any atom is 0.271 e. The molecule has 8 heteroatoms. The number of anilines is 1. The van der Waals surface area contributed by atoms with E-state index in [9.17, 15) is 4.79 Å². The minimum absolute atomic E-state index is 0.172. The fourth-order valence-electron chi connectivity index (χ4n) is 2.23. The summed E-state index contributed by atoms with van der Waals surface area (Å²) >= 11 is 0. The topological polar surface area (TPSA) is 101 Å². The highest BCUT2D eigenvalue weighted by atomic mass is 16.5. The van der Waals surface area contributed by atoms with Crippen LogP contribution >= 0.6 is 0 Å². The molecule has 2 N–H and O–H groups in total. The Hall–Kier alpha value is -2.90. The molecule has 0 saturated heterocycles. The number of aromatic nitrogens is 3. The van der Waals surface area contributed by atoms with Crippen molar-refractivity contribution in [2.24, 2.45) is 5.10 Å². The summed E-state index contributed by atoms with van der Waals surface area (Å²) in [6, 6.07) is 5.61. The lowest BCUT2D eigenvalue weighted by atomic mass is 10.2. The molecule has 0 radical (unpaired) electrons. The van der Waals surface area contributed by atoms with Crippen LogP contribution in [0.5, 0.6) is 11.5 Å². The molecule has 0 atom stereocenters. The molecule has 140 valence electrons. The summed E-state index contributed by atoms with van der Waals surface area (Å²) < 4.78 is 11.5. The number of hydrogen-bond acceptors (Lipinski definition) is 7. The number of hydrazone groups is 1. The van der Waals surface area contributed by atoms with E-state index >= 15 is 0 Å². The molecular weight excluding hydrogens is 334 g/mol. The van der Waals surface area contributed by atoms with E-state index < -0.39 is 0 Å². The van der Waals surface area contributed by atoms with Crippen LogP contribution in [0.1, 0.15) is 45.1 Å². The first-order chi connectivity index (χ1) is 12.7. The molecule has 0 bridgehead atoms. The Kier molecular flexibility index (Phi) is 8.11. The molecule has 0 spiro atoms. The van der Waals surface area contributed by atoms with Gasteiger partial charge in [-0.1, -0.05) is 26.2 Å². The van der Waals surface area contributed by atoms with Gasteiger partial charge >= 0.3 is 0 Å². The van der Waals surface area contributed by atoms with Crippen LogP contribution in [-0.2, 0) is 0 Å². The zero-order chi connectivity index (χ0) is 18.6. The Balaban J connectivity index is 1.97. The number of hydrogen-bond donors (Lipinski definition) is 2. The summed E-state index contributed by atoms with van der Waals surface area (Å²) in [6.45, 7) is 5.34. The molecule has 1 heterocycles. The third kappa shape index (κ3) is 6.54. The number of nitrogens with one attached hydrogen (secondary N) is 2. The Morgan fingerprint density at radius 1 is 1.19 bits per heavy atom. The number of H-pyrrole nitrogens is 1. The van der Waals surface area contributed by atoms with E-state index in [2.05, 4.69) is 32.6 Å². The van der Waals surface area contributed by atoms with Gasteiger partial charge in [0.1, 0.15) is 6.20 Å². The molecule has 0 aliphatic heterocycles. The van der Waals surface area contributed by atoms with Gasteiger partial charge in [0.05, 0.1) is 19.4 Å². The van der Waals surface area contributed by atoms with Crippen molar-refractivity contribution in [1.82, 2.24) is 15.2 Å². The average Bonchev–Trinajstić information content (AvgIpc) is 2.63. The van der Waals surface area contributed by atoms with E-state index in [1.165, 1.54) is 19.3 Å². The van der Waals surface area contributed by atoms with E-state index in [1.54, 1.807) is 6.21 Å². The lowest BCUT2D eigenvalue weighted by Crippen LogP contribution is -2.10. The Morgan fingerprint density at radius 2 is 2.08 bits per heavy atom. The van der Waals surface area contributed by atoms with Crippen LogP contribution in [0.4, 0.5) is 5.95 Å². The highest BCUT2D eigenvalue weighted by Crippen LogP contribution is 2.28. The largest absolute Gasteiger partial charge is 0.490 e. The monoisotopic (exact) mass is 359 g/mol. The number of rotatable bonds is 11. The fraction of sp³-hybridized carbons (Fsp3) is 0.444. The third-order valence-electron chi connectivity index (χ3n) is 3.48. The van der Waals surface area contributed by atoms with E-state index in [1.807, 2.05) is 25.1 Å². The van der Waals surface area contributed by atoms with Gasteiger partial charge in [-0.25, -0.2) is 5.43 Å². The van der Waals surface area contributed by atoms with Crippen LogP contribution in [0.3, 0.4) is 0 Å². The molecule has 0 fully saturated rings. The molecule has 26 heavy (non-hydrogen) atoms. The average molecular weight is 359 g/mol. The molecule has 0 amide bonds. The zero-order valence-corrected chi connectivity index (χ0v) is 15.2. The number of aromatic amines is 1. The second-order valence-corrected chi connectivity index (χ2v) is 5.60. The predicted molar refractivity (Wildman–Crippen MR) is 101 cm³/mol. The normalized spacial score (nSPS) is 10.8. The van der Waals surface area contributed by atoms with E-state index in [0.717, 1.165) is 23.9 Å². The molecule has 1 aromatic heterocycles. The van der Waals surface area contributed by atoms with Gasteiger partial charge in [0.15, 0.2) is 11.5 Å². The summed E-state index contributed by atoms with van der Waals surface area (Å²) in [7, 11) is 0. The smallest absolute Gasteiger partial charge is 0.271 e. The van der Waals surface area contributed by atoms with Crippen LogP contribution in [0.15, 0.2) is 34.3 Å². The minimum Gasteiger partial charge on any atom is -0.490 e. The summed E-state index contributed by atoms with van der Waals surface area (Å²) in [4.78, 5) is 13.6. The van der Waals surface area contributed by atoms with E-state index in [-0.39, 0.29) is 11.5 Å². The van der Waals surface area contributed by atoms with Crippen molar-refractivity contribution in [3.63, 3.8) is 0 Å². The molecule has 2 aromatic rings. The molecule has 0 unspecified atom stereocenters. The van der Waals surface area contributed by atoms with Gasteiger partial charge in [0.25, 0.3) is 5.56 Å². The Labute approximate surface area is 152 Å². The van der Waals surface area contributed by atoms with Gasteiger partial charge < -0.3 is 9.47 Å². The van der Waals surface area contributed by atoms with Crippen LogP contribution in [-0.4, -0.2) is 34.6 Å². The second-order valence-electron chi connectivity index (χ2n) is 5.60. The molecule has 0 aliphatic carbocycles. The van der Waals surface area contributed by atoms with Gasteiger partial charge in [-0.05, 0) is 37.1 Å². The standard InChI is InChI=1S/C18H25N5O3/c1-3-5-6-7-10-26-15-9-8-14(11-16(15)25-4-2)12-19-22-18-21-17(24)13-20-23-18/h8-9,11-13H,3-7,10H2,1-2H3,(H2,21,22,23,24)/b19-12+. The zero-order valence-electron chi connectivity index (χ0n) is 15.2. The van der Waals surface area contributed by atoms with Crippen LogP contribution in [0, 0.1) is 0 Å². The van der Waals surface area contributed by atoms with Gasteiger partial charge in [-0.2, -0.15) is 5.10 Å². The number of unbranched alkanes of at least 4 members (excludes halogenated alkanes) is 3. The second kappa shape index (κ2) is 10.9. The van der Waals surface area contributed by atoms with Crippen molar-refractivity contribution in [2.45, 2.75) is 39.5 Å². The van der Waals surface area contributed by atoms with E-state index in [0.29, 0.717) is 19.0 Å². The lowest BCUT2D eigenvalue weighted by molar-refractivity contribution is 0.270. The minimum atomic E-state index is -0.350. The van der Waals surface area contributed by atoms with Gasteiger partial charge in [0, 0.05) is 0 Å². The maximum atomic E-state index is 11.1. The number of benzene rings is 1. The summed E-state index contributed by atoms with van der Waals surface area (Å²) in [5, 5.41) is 11.3. The van der Waals surface area contributed by atoms with Crippen LogP contribution < -0.4 is 20.5 Å². The van der Waals surface area contributed by atoms with Gasteiger partial charge in [-0.3, -0.25) is 9.78 Å². The predicted octanol–water partition coefficient (Wildman–Crippen LogP) is 2.97. The first-order valence-corrected chi connectivity index (χ1v) is 8.83. The van der Waals surface area contributed by atoms with Crippen LogP contribution in [0.25, 0.3) is 0 Å². The van der Waals surface area contributed by atoms with Crippen molar-refractivity contribution < 1.29 is 9.47 Å². The molecule has 1 aromatic carbocycles. The number of ether oxygens (including phenoxy) is 2. The third-order valence-corrected chi connectivity index (χ3v) is 3.48. The Bertz CT molecular complexity index is 760. The highest BCUT2D eigenvalue weighted by molar-refractivity contribution is 5.81. The summed E-state index contributed by atoms with van der Waals surface area (Å²) in [5.41, 5.74) is 3.10. The molecule has 2 rings (SSSR count). The van der Waals surface area contributed by atoms with Crippen molar-refractivity contribution in [1.29, 1.82) is 0 Å².